The molecule has 3 aromatic heterocycles. The number of carboxylic acid groups (broad SMARTS) is 1. The van der Waals surface area contributed by atoms with E-state index in [0.717, 1.165) is 28.5 Å². The zero-order valence-corrected chi connectivity index (χ0v) is 20.2. The van der Waals surface area contributed by atoms with Crippen LogP contribution in [0.4, 0.5) is 10.1 Å². The smallest absolute Gasteiger partial charge is 0.340 e. The van der Waals surface area contributed by atoms with Gasteiger partial charge in [0.1, 0.15) is 28.4 Å². The number of imidazole rings is 1. The Kier molecular flexibility index (Phi) is 5.59. The average Bonchev–Trinajstić information content (AvgIpc) is 3.20. The number of halogens is 1. The Balaban J connectivity index is 1.68. The third-order valence-corrected chi connectivity index (χ3v) is 6.29. The maximum atomic E-state index is 14.2. The minimum Gasteiger partial charge on any atom is -0.478 e. The minimum atomic E-state index is -1.37. The molecular weight excluding hydrogens is 461 g/mol. The molecule has 36 heavy (non-hydrogen) atoms. The summed E-state index contributed by atoms with van der Waals surface area (Å²) >= 11 is 0. The number of carbonyl (C=O) groups is 1. The molecular formula is C28H24FN3O4. The molecule has 0 radical (unpaired) electrons. The molecule has 1 atom stereocenters. The highest BCUT2D eigenvalue weighted by atomic mass is 19.1. The predicted molar refractivity (Wildman–Crippen MR) is 136 cm³/mol. The second kappa shape index (κ2) is 8.64. The number of pyridine rings is 1. The lowest BCUT2D eigenvalue weighted by molar-refractivity contribution is 0.0693. The molecule has 2 N–H and O–H groups in total. The van der Waals surface area contributed by atoms with E-state index in [-0.39, 0.29) is 11.1 Å². The number of benzene rings is 2. The van der Waals surface area contributed by atoms with Crippen LogP contribution in [-0.2, 0) is 0 Å². The normalized spacial score (nSPS) is 12.2. The highest BCUT2D eigenvalue weighted by Crippen LogP contribution is 2.33. The summed E-state index contributed by atoms with van der Waals surface area (Å²) in [5.41, 5.74) is 4.31. The summed E-state index contributed by atoms with van der Waals surface area (Å²) in [5, 5.41) is 13.0. The third-order valence-electron chi connectivity index (χ3n) is 6.29. The van der Waals surface area contributed by atoms with Gasteiger partial charge in [-0.2, -0.15) is 0 Å². The zero-order chi connectivity index (χ0) is 25.7. The van der Waals surface area contributed by atoms with Crippen molar-refractivity contribution in [3.8, 4) is 11.3 Å². The van der Waals surface area contributed by atoms with Crippen LogP contribution in [0.2, 0.25) is 0 Å². The first-order valence-electron chi connectivity index (χ1n) is 11.5. The Morgan fingerprint density at radius 2 is 1.92 bits per heavy atom. The number of hydrogen-bond acceptors (Lipinski definition) is 5. The van der Waals surface area contributed by atoms with Crippen molar-refractivity contribution >= 4 is 28.3 Å². The molecule has 5 rings (SSSR count). The molecule has 0 aliphatic carbocycles. The summed E-state index contributed by atoms with van der Waals surface area (Å²) in [5.74, 6) is -1.76. The van der Waals surface area contributed by atoms with Gasteiger partial charge in [-0.3, -0.25) is 4.79 Å². The van der Waals surface area contributed by atoms with E-state index >= 15 is 0 Å². The molecule has 3 heterocycles. The molecule has 5 aromatic rings. The number of aryl methyl sites for hydroxylation is 2. The third kappa shape index (κ3) is 3.90. The van der Waals surface area contributed by atoms with E-state index in [2.05, 4.69) is 10.3 Å². The first-order valence-corrected chi connectivity index (χ1v) is 11.5. The van der Waals surface area contributed by atoms with Gasteiger partial charge < -0.3 is 19.2 Å². The first-order chi connectivity index (χ1) is 17.1. The van der Waals surface area contributed by atoms with Crippen molar-refractivity contribution in [3.05, 3.63) is 98.8 Å². The van der Waals surface area contributed by atoms with Crippen LogP contribution in [0.3, 0.4) is 0 Å². The van der Waals surface area contributed by atoms with Crippen molar-refractivity contribution < 1.29 is 18.7 Å². The molecule has 0 aliphatic rings. The maximum absolute atomic E-state index is 14.2. The monoisotopic (exact) mass is 485 g/mol. The fourth-order valence-electron chi connectivity index (χ4n) is 4.59. The van der Waals surface area contributed by atoms with Crippen molar-refractivity contribution in [1.82, 2.24) is 9.38 Å². The van der Waals surface area contributed by atoms with Crippen molar-refractivity contribution in [2.75, 3.05) is 5.32 Å². The van der Waals surface area contributed by atoms with Gasteiger partial charge in [0, 0.05) is 29.1 Å². The molecule has 182 valence electrons. The van der Waals surface area contributed by atoms with Crippen LogP contribution >= 0.6 is 0 Å². The number of aromatic nitrogens is 2. The SMILES string of the molecule is Cc1cc([C@@H](C)Nc2cccc(F)c2C(=O)O)c2oc(-c3ccc4nc(C)cn4c3)c(C)c(=O)c2c1. The number of nitrogens with zero attached hydrogens (tertiary/aromatic N) is 2. The van der Waals surface area contributed by atoms with Gasteiger partial charge in [0.2, 0.25) is 0 Å². The van der Waals surface area contributed by atoms with Gasteiger partial charge in [-0.25, -0.2) is 14.2 Å². The van der Waals surface area contributed by atoms with Crippen LogP contribution < -0.4 is 10.7 Å². The molecule has 0 bridgehead atoms. The Hall–Kier alpha value is -4.46. The van der Waals surface area contributed by atoms with Crippen molar-refractivity contribution in [2.45, 2.75) is 33.7 Å². The standard InChI is InChI=1S/C28H24FN3O4/c1-14-10-19(17(4)31-22-7-5-6-21(29)24(22)28(34)35)27-20(11-14)25(33)16(3)26(36-27)18-8-9-23-30-15(2)12-32(23)13-18/h5-13,17,31H,1-4H3,(H,34,35)/t17-/m1/s1. The number of rotatable bonds is 5. The number of aromatic carboxylic acids is 1. The molecule has 0 saturated carbocycles. The van der Waals surface area contributed by atoms with Crippen LogP contribution in [0.1, 0.15) is 45.7 Å². The van der Waals surface area contributed by atoms with Crippen LogP contribution in [0.5, 0.6) is 0 Å². The summed E-state index contributed by atoms with van der Waals surface area (Å²) in [6.07, 6.45) is 3.76. The van der Waals surface area contributed by atoms with Crippen molar-refractivity contribution in [1.29, 1.82) is 0 Å². The molecule has 8 heteroatoms. The Labute approximate surface area is 205 Å². The van der Waals surface area contributed by atoms with Gasteiger partial charge in [-0.05, 0) is 63.6 Å². The van der Waals surface area contributed by atoms with E-state index in [1.165, 1.54) is 12.1 Å². The lowest BCUT2D eigenvalue weighted by Gasteiger charge is -2.20. The lowest BCUT2D eigenvalue weighted by atomic mass is 9.98. The molecule has 0 aliphatic heterocycles. The van der Waals surface area contributed by atoms with Crippen LogP contribution in [0.25, 0.3) is 27.9 Å². The predicted octanol–water partition coefficient (Wildman–Crippen LogP) is 6.04. The van der Waals surface area contributed by atoms with Crippen LogP contribution in [-0.4, -0.2) is 20.5 Å². The van der Waals surface area contributed by atoms with E-state index < -0.39 is 23.4 Å². The average molecular weight is 486 g/mol. The Bertz CT molecular complexity index is 1740. The largest absolute Gasteiger partial charge is 0.478 e. The van der Waals surface area contributed by atoms with Gasteiger partial charge in [-0.1, -0.05) is 12.1 Å². The van der Waals surface area contributed by atoms with E-state index in [1.807, 2.05) is 55.8 Å². The summed E-state index contributed by atoms with van der Waals surface area (Å²) in [6.45, 7) is 7.33. The summed E-state index contributed by atoms with van der Waals surface area (Å²) < 4.78 is 22.5. The van der Waals surface area contributed by atoms with Crippen LogP contribution in [0, 0.1) is 26.6 Å². The molecule has 7 nitrogen and oxygen atoms in total. The minimum absolute atomic E-state index is 0.139. The van der Waals surface area contributed by atoms with E-state index in [9.17, 15) is 19.1 Å². The Morgan fingerprint density at radius 3 is 2.67 bits per heavy atom. The van der Waals surface area contributed by atoms with Gasteiger partial charge >= 0.3 is 5.97 Å². The molecule has 0 fully saturated rings. The number of anilines is 1. The van der Waals surface area contributed by atoms with E-state index in [1.54, 1.807) is 13.0 Å². The fraction of sp³-hybridized carbons (Fsp3) is 0.179. The number of hydrogen-bond donors (Lipinski definition) is 2. The first kappa shape index (κ1) is 23.3. The van der Waals surface area contributed by atoms with Crippen LogP contribution in [0.15, 0.2) is 64.1 Å². The van der Waals surface area contributed by atoms with Gasteiger partial charge in [-0.15, -0.1) is 0 Å². The van der Waals surface area contributed by atoms with Crippen molar-refractivity contribution in [3.63, 3.8) is 0 Å². The summed E-state index contributed by atoms with van der Waals surface area (Å²) in [7, 11) is 0. The molecule has 0 spiro atoms. The second-order valence-electron chi connectivity index (χ2n) is 9.02. The second-order valence-corrected chi connectivity index (χ2v) is 9.02. The summed E-state index contributed by atoms with van der Waals surface area (Å²) in [4.78, 5) is 29.5. The molecule has 2 aromatic carbocycles. The highest BCUT2D eigenvalue weighted by molar-refractivity contribution is 5.94. The van der Waals surface area contributed by atoms with Gasteiger partial charge in [0.25, 0.3) is 0 Å². The van der Waals surface area contributed by atoms with E-state index in [4.69, 9.17) is 4.42 Å². The summed E-state index contributed by atoms with van der Waals surface area (Å²) in [6, 6.07) is 10.9. The zero-order valence-electron chi connectivity index (χ0n) is 20.2. The molecule has 0 amide bonds. The molecule has 0 saturated heterocycles. The number of nitrogens with one attached hydrogen (secondary N) is 1. The highest BCUT2D eigenvalue weighted by Gasteiger charge is 2.22. The maximum Gasteiger partial charge on any atom is 0.340 e. The number of fused-ring (bicyclic) bond motifs is 2. The quantitative estimate of drug-likeness (QED) is 0.315. The van der Waals surface area contributed by atoms with Gasteiger partial charge in [0.05, 0.1) is 22.8 Å². The van der Waals surface area contributed by atoms with Gasteiger partial charge in [0.15, 0.2) is 5.43 Å². The fourth-order valence-corrected chi connectivity index (χ4v) is 4.59. The topological polar surface area (TPSA) is 96.8 Å². The Morgan fingerprint density at radius 1 is 1.14 bits per heavy atom. The van der Waals surface area contributed by atoms with Crippen molar-refractivity contribution in [2.24, 2.45) is 0 Å². The van der Waals surface area contributed by atoms with E-state index in [0.29, 0.717) is 27.9 Å². The lowest BCUT2D eigenvalue weighted by Crippen LogP contribution is -2.14. The number of carboxylic acids is 1. The molecule has 0 unspecified atom stereocenters.